The number of amides is 1. The van der Waals surface area contributed by atoms with Crippen LogP contribution in [0, 0.1) is 0 Å². The molecule has 1 aromatic carbocycles. The zero-order valence-corrected chi connectivity index (χ0v) is 11.9. The lowest BCUT2D eigenvalue weighted by atomic mass is 10.1. The zero-order valence-electron chi connectivity index (χ0n) is 11.9. The summed E-state index contributed by atoms with van der Waals surface area (Å²) in [5.41, 5.74) is 2.73. The SMILES string of the molecule is O=C(/C=C/c1cc2c(cn1)[nH]c1ccccc12)Nc1ncn[nH]1. The quantitative estimate of drug-likeness (QED) is 0.506. The van der Waals surface area contributed by atoms with Crippen LogP contribution in [0.15, 0.2) is 48.9 Å². The minimum Gasteiger partial charge on any atom is -0.353 e. The molecule has 23 heavy (non-hydrogen) atoms. The van der Waals surface area contributed by atoms with E-state index in [0.717, 1.165) is 21.8 Å². The van der Waals surface area contributed by atoms with E-state index in [0.29, 0.717) is 11.6 Å². The first kappa shape index (κ1) is 13.2. The Kier molecular flexibility index (Phi) is 3.09. The predicted molar refractivity (Wildman–Crippen MR) is 87.6 cm³/mol. The molecule has 0 fully saturated rings. The third-order valence-electron chi connectivity index (χ3n) is 3.47. The molecule has 0 aliphatic rings. The van der Waals surface area contributed by atoms with Crippen LogP contribution in [0.5, 0.6) is 0 Å². The molecule has 7 heteroatoms. The Morgan fingerprint density at radius 2 is 2.04 bits per heavy atom. The number of rotatable bonds is 3. The minimum absolute atomic E-state index is 0.303. The highest BCUT2D eigenvalue weighted by Gasteiger charge is 2.05. The number of hydrogen-bond acceptors (Lipinski definition) is 4. The normalized spacial score (nSPS) is 11.5. The molecule has 4 aromatic rings. The Hall–Kier alpha value is -3.48. The highest BCUT2D eigenvalue weighted by molar-refractivity contribution is 6.07. The lowest BCUT2D eigenvalue weighted by Gasteiger charge is -1.96. The van der Waals surface area contributed by atoms with Gasteiger partial charge in [0.2, 0.25) is 5.95 Å². The van der Waals surface area contributed by atoms with Crippen molar-refractivity contribution in [3.8, 4) is 0 Å². The first-order valence-electron chi connectivity index (χ1n) is 7.00. The maximum Gasteiger partial charge on any atom is 0.250 e. The van der Waals surface area contributed by atoms with E-state index in [1.807, 2.05) is 24.3 Å². The van der Waals surface area contributed by atoms with Gasteiger partial charge in [-0.15, -0.1) is 0 Å². The Morgan fingerprint density at radius 3 is 2.91 bits per heavy atom. The van der Waals surface area contributed by atoms with Gasteiger partial charge < -0.3 is 4.98 Å². The van der Waals surface area contributed by atoms with Crippen LogP contribution in [0.1, 0.15) is 5.69 Å². The smallest absolute Gasteiger partial charge is 0.250 e. The van der Waals surface area contributed by atoms with Crippen LogP contribution < -0.4 is 5.32 Å². The van der Waals surface area contributed by atoms with Gasteiger partial charge in [0, 0.05) is 22.4 Å². The summed E-state index contributed by atoms with van der Waals surface area (Å²) in [6.07, 6.45) is 6.16. The molecule has 3 aromatic heterocycles. The fourth-order valence-electron chi connectivity index (χ4n) is 2.44. The van der Waals surface area contributed by atoms with Gasteiger partial charge in [-0.05, 0) is 18.2 Å². The molecule has 0 saturated carbocycles. The van der Waals surface area contributed by atoms with E-state index in [2.05, 4.69) is 36.5 Å². The second-order valence-corrected chi connectivity index (χ2v) is 4.98. The fourth-order valence-corrected chi connectivity index (χ4v) is 2.44. The van der Waals surface area contributed by atoms with Crippen molar-refractivity contribution in [3.63, 3.8) is 0 Å². The van der Waals surface area contributed by atoms with Crippen molar-refractivity contribution in [1.29, 1.82) is 0 Å². The van der Waals surface area contributed by atoms with Gasteiger partial charge in [-0.1, -0.05) is 18.2 Å². The second kappa shape index (κ2) is 5.38. The molecule has 0 unspecified atom stereocenters. The average Bonchev–Trinajstić information content (AvgIpc) is 3.20. The molecular formula is C16H12N6O. The summed E-state index contributed by atoms with van der Waals surface area (Å²) in [6.45, 7) is 0. The van der Waals surface area contributed by atoms with Crippen molar-refractivity contribution < 1.29 is 4.79 Å². The molecule has 0 aliphatic carbocycles. The van der Waals surface area contributed by atoms with Crippen LogP contribution in [-0.4, -0.2) is 31.1 Å². The van der Waals surface area contributed by atoms with Gasteiger partial charge in [-0.2, -0.15) is 10.1 Å². The van der Waals surface area contributed by atoms with Crippen LogP contribution in [0.25, 0.3) is 27.9 Å². The van der Waals surface area contributed by atoms with Crippen molar-refractivity contribution in [2.45, 2.75) is 0 Å². The molecule has 7 nitrogen and oxygen atoms in total. The van der Waals surface area contributed by atoms with Crippen LogP contribution in [-0.2, 0) is 4.79 Å². The molecule has 3 N–H and O–H groups in total. The number of benzene rings is 1. The van der Waals surface area contributed by atoms with Gasteiger partial charge in [0.05, 0.1) is 17.4 Å². The molecule has 0 saturated heterocycles. The maximum absolute atomic E-state index is 11.8. The topological polar surface area (TPSA) is 99.3 Å². The number of fused-ring (bicyclic) bond motifs is 3. The molecule has 3 heterocycles. The monoisotopic (exact) mass is 304 g/mol. The summed E-state index contributed by atoms with van der Waals surface area (Å²) >= 11 is 0. The largest absolute Gasteiger partial charge is 0.353 e. The number of aromatic nitrogens is 5. The molecule has 112 valence electrons. The van der Waals surface area contributed by atoms with Crippen molar-refractivity contribution in [3.05, 3.63) is 54.6 Å². The van der Waals surface area contributed by atoms with E-state index in [-0.39, 0.29) is 5.91 Å². The Bertz CT molecular complexity index is 1020. The highest BCUT2D eigenvalue weighted by Crippen LogP contribution is 2.25. The predicted octanol–water partition coefficient (Wildman–Crippen LogP) is 2.49. The molecule has 0 bridgehead atoms. The van der Waals surface area contributed by atoms with E-state index < -0.39 is 0 Å². The van der Waals surface area contributed by atoms with Crippen LogP contribution in [0.3, 0.4) is 0 Å². The fraction of sp³-hybridized carbons (Fsp3) is 0. The minimum atomic E-state index is -0.303. The van der Waals surface area contributed by atoms with Crippen LogP contribution in [0.4, 0.5) is 5.95 Å². The molecule has 0 atom stereocenters. The van der Waals surface area contributed by atoms with Crippen molar-refractivity contribution in [1.82, 2.24) is 25.1 Å². The third kappa shape index (κ3) is 2.55. The number of anilines is 1. The van der Waals surface area contributed by atoms with Crippen LogP contribution in [0.2, 0.25) is 0 Å². The number of pyridine rings is 1. The summed E-state index contributed by atoms with van der Waals surface area (Å²) in [5, 5.41) is 11.0. The summed E-state index contributed by atoms with van der Waals surface area (Å²) in [5.74, 6) is 0.00210. The van der Waals surface area contributed by atoms with E-state index in [4.69, 9.17) is 0 Å². The van der Waals surface area contributed by atoms with Crippen molar-refractivity contribution in [2.24, 2.45) is 0 Å². The highest BCUT2D eigenvalue weighted by atomic mass is 16.1. The number of H-pyrrole nitrogens is 2. The van der Waals surface area contributed by atoms with Crippen molar-refractivity contribution in [2.75, 3.05) is 5.32 Å². The molecule has 1 amide bonds. The first-order chi connectivity index (χ1) is 11.3. The van der Waals surface area contributed by atoms with Crippen LogP contribution >= 0.6 is 0 Å². The Labute approximate surface area is 130 Å². The second-order valence-electron chi connectivity index (χ2n) is 4.98. The average molecular weight is 304 g/mol. The molecule has 4 rings (SSSR count). The van der Waals surface area contributed by atoms with Gasteiger partial charge in [0.25, 0.3) is 5.91 Å². The number of para-hydroxylation sites is 1. The first-order valence-corrected chi connectivity index (χ1v) is 7.00. The number of carbonyl (C=O) groups excluding carboxylic acids is 1. The van der Waals surface area contributed by atoms with E-state index in [1.54, 1.807) is 12.3 Å². The number of nitrogens with zero attached hydrogens (tertiary/aromatic N) is 3. The summed E-state index contributed by atoms with van der Waals surface area (Å²) in [6, 6.07) is 10.0. The number of hydrogen-bond donors (Lipinski definition) is 3. The maximum atomic E-state index is 11.8. The van der Waals surface area contributed by atoms with Crippen molar-refractivity contribution >= 4 is 39.7 Å². The third-order valence-corrected chi connectivity index (χ3v) is 3.47. The number of aromatic amines is 2. The number of carbonyl (C=O) groups is 1. The van der Waals surface area contributed by atoms with E-state index >= 15 is 0 Å². The lowest BCUT2D eigenvalue weighted by molar-refractivity contribution is -0.111. The zero-order chi connectivity index (χ0) is 15.6. The number of nitrogens with one attached hydrogen (secondary N) is 3. The molecule has 0 radical (unpaired) electrons. The van der Waals surface area contributed by atoms with Gasteiger partial charge >= 0.3 is 0 Å². The Morgan fingerprint density at radius 1 is 1.13 bits per heavy atom. The summed E-state index contributed by atoms with van der Waals surface area (Å²) in [7, 11) is 0. The van der Waals surface area contributed by atoms with E-state index in [1.165, 1.54) is 12.4 Å². The van der Waals surface area contributed by atoms with Gasteiger partial charge in [-0.25, -0.2) is 5.10 Å². The molecule has 0 spiro atoms. The Balaban J connectivity index is 1.62. The van der Waals surface area contributed by atoms with E-state index in [9.17, 15) is 4.79 Å². The molecular weight excluding hydrogens is 292 g/mol. The van der Waals surface area contributed by atoms with Gasteiger partial charge in [-0.3, -0.25) is 15.1 Å². The summed E-state index contributed by atoms with van der Waals surface area (Å²) < 4.78 is 0. The van der Waals surface area contributed by atoms with Gasteiger partial charge in [0.15, 0.2) is 0 Å². The lowest BCUT2D eigenvalue weighted by Crippen LogP contribution is -2.09. The standard InChI is InChI=1S/C16H12N6O/c23-15(21-16-18-9-19-22-16)6-5-10-7-12-11-3-1-2-4-13(11)20-14(12)8-17-10/h1-9,20H,(H2,18,19,21,22,23)/b6-5+. The summed E-state index contributed by atoms with van der Waals surface area (Å²) in [4.78, 5) is 23.3. The molecule has 0 aliphatic heterocycles. The van der Waals surface area contributed by atoms with Gasteiger partial charge in [0.1, 0.15) is 6.33 Å².